The summed E-state index contributed by atoms with van der Waals surface area (Å²) in [6.45, 7) is 10.6. The first kappa shape index (κ1) is 42.3. The molecule has 0 saturated carbocycles. The van der Waals surface area contributed by atoms with Gasteiger partial charge in [-0.15, -0.1) is 0 Å². The van der Waals surface area contributed by atoms with E-state index in [0.29, 0.717) is 38.5 Å². The Balaban J connectivity index is 1.47. The van der Waals surface area contributed by atoms with Crippen LogP contribution in [0.5, 0.6) is 5.75 Å². The van der Waals surface area contributed by atoms with Crippen molar-refractivity contribution < 1.29 is 41.4 Å². The number of unbranched alkanes of at least 4 members (excludes halogenated alkanes) is 3. The van der Waals surface area contributed by atoms with Gasteiger partial charge in [-0.1, -0.05) is 91.5 Å². The predicted octanol–water partition coefficient (Wildman–Crippen LogP) is 11.8. The Morgan fingerprint density at radius 3 is 2.24 bits per heavy atom. The van der Waals surface area contributed by atoms with Crippen molar-refractivity contribution in [3.63, 3.8) is 0 Å². The van der Waals surface area contributed by atoms with Gasteiger partial charge >= 0.3 is 18.3 Å². The molecule has 5 aromatic carbocycles. The van der Waals surface area contributed by atoms with Gasteiger partial charge in [0.05, 0.1) is 25.3 Å². The Bertz CT molecular complexity index is 2400. The van der Waals surface area contributed by atoms with Crippen LogP contribution in [0, 0.1) is 20.8 Å². The predicted molar refractivity (Wildman–Crippen MR) is 221 cm³/mol. The second kappa shape index (κ2) is 19.0. The molecule has 7 nitrogen and oxygen atoms in total. The van der Waals surface area contributed by atoms with E-state index < -0.39 is 24.9 Å². The molecule has 0 aliphatic rings. The lowest BCUT2D eigenvalue weighted by atomic mass is 9.97. The zero-order valence-corrected chi connectivity index (χ0v) is 33.7. The van der Waals surface area contributed by atoms with E-state index in [2.05, 4.69) is 67.7 Å². The highest BCUT2D eigenvalue weighted by Crippen LogP contribution is 2.38. The van der Waals surface area contributed by atoms with E-state index in [1.165, 1.54) is 42.2 Å². The monoisotopic (exact) mass is 798 g/mol. The van der Waals surface area contributed by atoms with Crippen molar-refractivity contribution in [3.05, 3.63) is 124 Å². The molecule has 0 atom stereocenters. The molecule has 0 spiro atoms. The van der Waals surface area contributed by atoms with E-state index in [1.54, 1.807) is 18.2 Å². The second-order valence-electron chi connectivity index (χ2n) is 14.8. The molecule has 0 aliphatic carbocycles. The maximum absolute atomic E-state index is 14.0. The Morgan fingerprint density at radius 2 is 1.52 bits per heavy atom. The molecule has 1 aromatic heterocycles. The van der Waals surface area contributed by atoms with Gasteiger partial charge in [0, 0.05) is 52.9 Å². The fourth-order valence-electron chi connectivity index (χ4n) is 7.52. The molecule has 1 heterocycles. The van der Waals surface area contributed by atoms with Gasteiger partial charge in [0.25, 0.3) is 0 Å². The average molecular weight is 799 g/mol. The molecule has 0 unspecified atom stereocenters. The minimum Gasteiger partial charge on any atom is -0.486 e. The van der Waals surface area contributed by atoms with Crippen molar-refractivity contribution in [2.45, 2.75) is 92.4 Å². The molecule has 306 valence electrons. The van der Waals surface area contributed by atoms with Gasteiger partial charge in [0.15, 0.2) is 6.61 Å². The van der Waals surface area contributed by atoms with Gasteiger partial charge in [-0.25, -0.2) is 13.6 Å². The topological polar surface area (TPSA) is 71.3 Å². The van der Waals surface area contributed by atoms with E-state index in [0.717, 1.165) is 63.0 Å². The van der Waals surface area contributed by atoms with Gasteiger partial charge < -0.3 is 23.6 Å². The van der Waals surface area contributed by atoms with Crippen LogP contribution < -0.4 is 4.74 Å². The number of ether oxygens (including phenoxy) is 3. The summed E-state index contributed by atoms with van der Waals surface area (Å²) in [5, 5.41) is 8.03. The SMILES string of the molecule is CCCCCCOCCn1c2ccc(/C(=N/OC(C)=O)c3ccccc3OCC(F)(F)C(F)F)cc2c2cc(COCc3c(C)cc(C)cc3C)c3ccccc3c21. The molecule has 0 N–H and O–H groups in total. The first-order chi connectivity index (χ1) is 27.9. The van der Waals surface area contributed by atoms with Crippen LogP contribution in [-0.4, -0.2) is 48.4 Å². The highest BCUT2D eigenvalue weighted by Gasteiger charge is 2.42. The maximum Gasteiger partial charge on any atom is 0.340 e. The summed E-state index contributed by atoms with van der Waals surface area (Å²) in [6, 6.07) is 26.4. The summed E-state index contributed by atoms with van der Waals surface area (Å²) < 4.78 is 74.3. The van der Waals surface area contributed by atoms with Crippen molar-refractivity contribution in [2.24, 2.45) is 5.16 Å². The van der Waals surface area contributed by atoms with E-state index in [4.69, 9.17) is 19.0 Å². The van der Waals surface area contributed by atoms with Gasteiger partial charge in [0.2, 0.25) is 0 Å². The highest BCUT2D eigenvalue weighted by molar-refractivity contribution is 6.21. The minimum absolute atomic E-state index is 0.0950. The van der Waals surface area contributed by atoms with Crippen LogP contribution in [0.15, 0.2) is 90.1 Å². The second-order valence-corrected chi connectivity index (χ2v) is 14.8. The van der Waals surface area contributed by atoms with Crippen LogP contribution in [0.4, 0.5) is 17.6 Å². The molecular weight excluding hydrogens is 749 g/mol. The Morgan fingerprint density at radius 1 is 0.793 bits per heavy atom. The number of hydrogen-bond donors (Lipinski definition) is 0. The van der Waals surface area contributed by atoms with Crippen LogP contribution in [0.2, 0.25) is 0 Å². The summed E-state index contributed by atoms with van der Waals surface area (Å²) in [7, 11) is 0. The zero-order valence-electron chi connectivity index (χ0n) is 33.7. The number of benzene rings is 5. The van der Waals surface area contributed by atoms with Crippen molar-refractivity contribution >= 4 is 44.3 Å². The maximum atomic E-state index is 14.0. The van der Waals surface area contributed by atoms with Crippen molar-refractivity contribution in [2.75, 3.05) is 19.8 Å². The van der Waals surface area contributed by atoms with E-state index in [-0.39, 0.29) is 17.0 Å². The van der Waals surface area contributed by atoms with E-state index in [9.17, 15) is 22.4 Å². The number of fused-ring (bicyclic) bond motifs is 5. The van der Waals surface area contributed by atoms with Crippen molar-refractivity contribution in [3.8, 4) is 5.75 Å². The number of carbonyl (C=O) groups excluding carboxylic acids is 1. The molecule has 6 rings (SSSR count). The van der Waals surface area contributed by atoms with Gasteiger partial charge in [0.1, 0.15) is 11.5 Å². The van der Waals surface area contributed by atoms with Crippen molar-refractivity contribution in [1.29, 1.82) is 0 Å². The molecule has 58 heavy (non-hydrogen) atoms. The van der Waals surface area contributed by atoms with Crippen LogP contribution >= 0.6 is 0 Å². The summed E-state index contributed by atoms with van der Waals surface area (Å²) in [4.78, 5) is 17.2. The van der Waals surface area contributed by atoms with Crippen molar-refractivity contribution in [1.82, 2.24) is 4.57 Å². The van der Waals surface area contributed by atoms with Crippen LogP contribution in [0.25, 0.3) is 32.6 Å². The first-order valence-electron chi connectivity index (χ1n) is 19.7. The number of aromatic nitrogens is 1. The summed E-state index contributed by atoms with van der Waals surface area (Å²) >= 11 is 0. The molecule has 0 radical (unpaired) electrons. The largest absolute Gasteiger partial charge is 0.486 e. The minimum atomic E-state index is -4.39. The number of alkyl halides is 4. The number of rotatable bonds is 19. The summed E-state index contributed by atoms with van der Waals surface area (Å²) in [5.41, 5.74) is 8.39. The van der Waals surface area contributed by atoms with E-state index in [1.807, 2.05) is 24.3 Å². The number of aryl methyl sites for hydroxylation is 3. The third-order valence-corrected chi connectivity index (χ3v) is 10.3. The number of para-hydroxylation sites is 1. The molecule has 0 amide bonds. The molecule has 0 bridgehead atoms. The third-order valence-electron chi connectivity index (χ3n) is 10.3. The normalized spacial score (nSPS) is 12.3. The molecule has 0 saturated heterocycles. The third kappa shape index (κ3) is 9.70. The summed E-state index contributed by atoms with van der Waals surface area (Å²) in [5.74, 6) is -5.22. The van der Waals surface area contributed by atoms with Crippen LogP contribution in [0.3, 0.4) is 0 Å². The van der Waals surface area contributed by atoms with Gasteiger partial charge in [-0.05, 0) is 85.2 Å². The summed E-state index contributed by atoms with van der Waals surface area (Å²) in [6.07, 6.45) is 0.515. The Hall–Kier alpha value is -5.26. The lowest BCUT2D eigenvalue weighted by Crippen LogP contribution is -2.34. The number of nitrogens with zero attached hydrogens (tertiary/aromatic N) is 2. The lowest BCUT2D eigenvalue weighted by molar-refractivity contribution is -0.148. The number of hydrogen-bond acceptors (Lipinski definition) is 6. The Kier molecular flexibility index (Phi) is 13.9. The van der Waals surface area contributed by atoms with Gasteiger partial charge in [-0.2, -0.15) is 8.78 Å². The Labute approximate surface area is 336 Å². The zero-order chi connectivity index (χ0) is 41.4. The molecule has 6 aromatic rings. The van der Waals surface area contributed by atoms with Crippen LogP contribution in [-0.2, 0) is 38.9 Å². The van der Waals surface area contributed by atoms with Crippen LogP contribution in [0.1, 0.15) is 78.5 Å². The smallest absolute Gasteiger partial charge is 0.340 e. The average Bonchev–Trinajstić information content (AvgIpc) is 3.50. The lowest BCUT2D eigenvalue weighted by Gasteiger charge is -2.18. The van der Waals surface area contributed by atoms with Gasteiger partial charge in [-0.3, -0.25) is 0 Å². The number of halogens is 4. The number of oxime groups is 1. The van der Waals surface area contributed by atoms with E-state index >= 15 is 0 Å². The molecular formula is C47H50F4N2O5. The fraction of sp³-hybridized carbons (Fsp3) is 0.362. The number of carbonyl (C=O) groups is 1. The fourth-order valence-corrected chi connectivity index (χ4v) is 7.52. The molecule has 11 heteroatoms. The standard InChI is InChI=1S/C47H50F4N2O5/c1-6-7-8-13-21-55-22-20-53-42-19-18-34(44(52-58-33(5)54)38-16-11-12-17-43(38)57-29-47(50,51)46(48)49)25-39(42)40-26-35(36-14-9-10-15-37(36)45(40)53)27-56-28-41-31(3)23-30(2)24-32(41)4/h9-12,14-19,23-26,46H,6-8,13,20-22,27-29H2,1-5H3/b52-44-. The first-order valence-corrected chi connectivity index (χ1v) is 19.7. The highest BCUT2D eigenvalue weighted by atomic mass is 19.3. The quantitative estimate of drug-likeness (QED) is 0.0268. The molecule has 0 aliphatic heterocycles. The molecule has 0 fully saturated rings.